The SMILES string of the molecule is CC1CN(c2ccc3c(c2)=C(Cl)[C+]=CN=3)CC(C)O1. The second-order valence-corrected chi connectivity index (χ2v) is 5.46. The number of nitrogens with zero attached hydrogens (tertiary/aromatic N) is 2. The summed E-state index contributed by atoms with van der Waals surface area (Å²) in [6.45, 7) is 6.01. The number of hydrogen-bond acceptors (Lipinski definition) is 3. The minimum Gasteiger partial charge on any atom is -0.372 e. The van der Waals surface area contributed by atoms with Crippen LogP contribution in [0.5, 0.6) is 0 Å². The lowest BCUT2D eigenvalue weighted by Gasteiger charge is -2.36. The number of hydrogen-bond donors (Lipinski definition) is 0. The molecule has 0 aromatic heterocycles. The highest BCUT2D eigenvalue weighted by molar-refractivity contribution is 6.46. The van der Waals surface area contributed by atoms with Crippen LogP contribution in [0.15, 0.2) is 29.4 Å². The highest BCUT2D eigenvalue weighted by atomic mass is 35.5. The normalized spacial score (nSPS) is 25.6. The molecule has 0 bridgehead atoms. The minimum absolute atomic E-state index is 0.246. The zero-order valence-corrected chi connectivity index (χ0v) is 11.8. The molecule has 0 amide bonds. The molecule has 1 aromatic carbocycles. The average Bonchev–Trinajstić information content (AvgIpc) is 2.38. The van der Waals surface area contributed by atoms with Gasteiger partial charge in [0.1, 0.15) is 6.08 Å². The van der Waals surface area contributed by atoms with Gasteiger partial charge in [0.25, 0.3) is 5.03 Å². The van der Waals surface area contributed by atoms with Crippen LogP contribution in [-0.2, 0) is 4.74 Å². The summed E-state index contributed by atoms with van der Waals surface area (Å²) >= 11 is 6.19. The molecule has 0 N–H and O–H groups in total. The van der Waals surface area contributed by atoms with Gasteiger partial charge in [0.2, 0.25) is 0 Å². The molecule has 4 heteroatoms. The molecule has 1 aromatic rings. The quantitative estimate of drug-likeness (QED) is 0.728. The van der Waals surface area contributed by atoms with Gasteiger partial charge in [-0.25, -0.2) is 4.99 Å². The number of benzene rings is 1. The van der Waals surface area contributed by atoms with E-state index in [0.29, 0.717) is 5.03 Å². The summed E-state index contributed by atoms with van der Waals surface area (Å²) in [4.78, 5) is 6.61. The van der Waals surface area contributed by atoms with E-state index in [2.05, 4.69) is 41.9 Å². The first kappa shape index (κ1) is 12.6. The summed E-state index contributed by atoms with van der Waals surface area (Å²) in [6, 6.07) is 6.19. The smallest absolute Gasteiger partial charge is 0.273 e. The second kappa shape index (κ2) is 4.93. The fourth-order valence-electron chi connectivity index (χ4n) is 2.63. The zero-order valence-electron chi connectivity index (χ0n) is 11.1. The largest absolute Gasteiger partial charge is 0.372 e. The molecule has 19 heavy (non-hydrogen) atoms. The van der Waals surface area contributed by atoms with Gasteiger partial charge in [-0.3, -0.25) is 0 Å². The molecule has 0 saturated carbocycles. The summed E-state index contributed by atoms with van der Waals surface area (Å²) < 4.78 is 5.76. The van der Waals surface area contributed by atoms with Gasteiger partial charge in [0.15, 0.2) is 16.8 Å². The summed E-state index contributed by atoms with van der Waals surface area (Å²) in [5.74, 6) is 0. The second-order valence-electron chi connectivity index (χ2n) is 5.08. The van der Waals surface area contributed by atoms with Gasteiger partial charge in [0.05, 0.1) is 24.0 Å². The molecule has 2 aliphatic heterocycles. The van der Waals surface area contributed by atoms with E-state index in [1.54, 1.807) is 6.20 Å². The average molecular weight is 276 g/mol. The molecule has 98 valence electrons. The molecular weight excluding hydrogens is 260 g/mol. The Morgan fingerprint density at radius 3 is 2.79 bits per heavy atom. The molecule has 2 aliphatic rings. The number of fused-ring (bicyclic) bond motifs is 1. The van der Waals surface area contributed by atoms with Crippen LogP contribution in [0.3, 0.4) is 0 Å². The lowest BCUT2D eigenvalue weighted by atomic mass is 10.1. The van der Waals surface area contributed by atoms with Crippen molar-refractivity contribution in [3.05, 3.63) is 41.1 Å². The fourth-order valence-corrected chi connectivity index (χ4v) is 2.83. The van der Waals surface area contributed by atoms with Crippen molar-refractivity contribution in [3.63, 3.8) is 0 Å². The summed E-state index contributed by atoms with van der Waals surface area (Å²) in [6.07, 6.45) is 5.04. The van der Waals surface area contributed by atoms with Crippen LogP contribution in [0.2, 0.25) is 0 Å². The lowest BCUT2D eigenvalue weighted by molar-refractivity contribution is -0.00522. The van der Waals surface area contributed by atoms with E-state index in [1.165, 1.54) is 0 Å². The van der Waals surface area contributed by atoms with Gasteiger partial charge in [-0.15, -0.1) is 0 Å². The molecule has 3 rings (SSSR count). The molecule has 0 spiro atoms. The van der Waals surface area contributed by atoms with Gasteiger partial charge in [-0.05, 0) is 37.6 Å². The van der Waals surface area contributed by atoms with Crippen LogP contribution in [0.25, 0.3) is 5.03 Å². The van der Waals surface area contributed by atoms with Crippen molar-refractivity contribution in [2.45, 2.75) is 26.1 Å². The van der Waals surface area contributed by atoms with Crippen LogP contribution in [-0.4, -0.2) is 25.3 Å². The van der Waals surface area contributed by atoms with Crippen LogP contribution in [0.4, 0.5) is 5.69 Å². The lowest BCUT2D eigenvalue weighted by Crippen LogP contribution is -2.46. The molecule has 0 radical (unpaired) electrons. The first-order chi connectivity index (χ1) is 9.13. The van der Waals surface area contributed by atoms with Crippen LogP contribution in [0.1, 0.15) is 13.8 Å². The Morgan fingerprint density at radius 1 is 1.32 bits per heavy atom. The van der Waals surface area contributed by atoms with Crippen LogP contribution >= 0.6 is 11.6 Å². The molecular formula is C15H16ClN2O+. The minimum atomic E-state index is 0.246. The number of ether oxygens (including phenoxy) is 1. The van der Waals surface area contributed by atoms with Crippen molar-refractivity contribution >= 4 is 22.3 Å². The maximum atomic E-state index is 6.19. The van der Waals surface area contributed by atoms with E-state index >= 15 is 0 Å². The van der Waals surface area contributed by atoms with Crippen molar-refractivity contribution in [1.29, 1.82) is 0 Å². The topological polar surface area (TPSA) is 24.8 Å². The monoisotopic (exact) mass is 275 g/mol. The summed E-state index contributed by atoms with van der Waals surface area (Å²) in [7, 11) is 0. The van der Waals surface area contributed by atoms with Gasteiger partial charge in [0, 0.05) is 13.1 Å². The molecule has 2 heterocycles. The third-order valence-electron chi connectivity index (χ3n) is 3.40. The van der Waals surface area contributed by atoms with E-state index in [-0.39, 0.29) is 12.2 Å². The van der Waals surface area contributed by atoms with E-state index < -0.39 is 0 Å². The summed E-state index contributed by atoms with van der Waals surface area (Å²) in [5.41, 5.74) is 1.16. The van der Waals surface area contributed by atoms with E-state index in [4.69, 9.17) is 16.3 Å². The molecule has 1 fully saturated rings. The maximum Gasteiger partial charge on any atom is 0.273 e. The van der Waals surface area contributed by atoms with Crippen molar-refractivity contribution in [2.24, 2.45) is 4.99 Å². The van der Waals surface area contributed by atoms with Crippen molar-refractivity contribution in [1.82, 2.24) is 0 Å². The number of anilines is 1. The van der Waals surface area contributed by atoms with Crippen molar-refractivity contribution < 1.29 is 4.74 Å². The Bertz CT molecular complexity index is 628. The number of morpholine rings is 1. The van der Waals surface area contributed by atoms with Crippen molar-refractivity contribution in [2.75, 3.05) is 18.0 Å². The number of rotatable bonds is 1. The standard InChI is InChI=1S/C15H16ClN2O/c1-10-8-18(9-11(2)19-10)12-3-4-15-13(7-12)14(16)5-6-17-15/h3-4,6-7,10-11H,8-9H2,1-2H3/q+1. The van der Waals surface area contributed by atoms with E-state index in [1.807, 2.05) is 6.07 Å². The third-order valence-corrected chi connectivity index (χ3v) is 3.71. The zero-order chi connectivity index (χ0) is 13.4. The highest BCUT2D eigenvalue weighted by Crippen LogP contribution is 2.18. The van der Waals surface area contributed by atoms with E-state index in [9.17, 15) is 0 Å². The van der Waals surface area contributed by atoms with Crippen LogP contribution < -0.4 is 15.5 Å². The Hall–Kier alpha value is -1.41. The Balaban J connectivity index is 2.00. The maximum absolute atomic E-state index is 6.19. The molecule has 2 atom stereocenters. The Labute approximate surface area is 117 Å². The van der Waals surface area contributed by atoms with Crippen LogP contribution in [0, 0.1) is 6.08 Å². The molecule has 1 saturated heterocycles. The molecule has 0 aliphatic carbocycles. The van der Waals surface area contributed by atoms with E-state index in [0.717, 1.165) is 29.4 Å². The first-order valence-electron chi connectivity index (χ1n) is 6.50. The van der Waals surface area contributed by atoms with Gasteiger partial charge < -0.3 is 9.64 Å². The first-order valence-corrected chi connectivity index (χ1v) is 6.87. The number of allylic oxidation sites excluding steroid dienone is 1. The van der Waals surface area contributed by atoms with Gasteiger partial charge >= 0.3 is 0 Å². The predicted octanol–water partition coefficient (Wildman–Crippen LogP) is 1.60. The number of halogens is 1. The Kier molecular flexibility index (Phi) is 3.28. The predicted molar refractivity (Wildman–Crippen MR) is 76.5 cm³/mol. The molecule has 3 nitrogen and oxygen atoms in total. The third kappa shape index (κ3) is 2.50. The highest BCUT2D eigenvalue weighted by Gasteiger charge is 2.23. The Morgan fingerprint density at radius 2 is 2.05 bits per heavy atom. The molecule has 2 unspecified atom stereocenters. The van der Waals surface area contributed by atoms with Crippen molar-refractivity contribution in [3.8, 4) is 0 Å². The fraction of sp³-hybridized carbons (Fsp3) is 0.400. The van der Waals surface area contributed by atoms with Gasteiger partial charge in [-0.2, -0.15) is 0 Å². The van der Waals surface area contributed by atoms with Gasteiger partial charge in [-0.1, -0.05) is 0 Å². The summed E-state index contributed by atoms with van der Waals surface area (Å²) in [5, 5.41) is 2.48.